The maximum absolute atomic E-state index is 12.8. The predicted molar refractivity (Wildman–Crippen MR) is 130 cm³/mol. The number of aliphatic hydroxyl groups is 1. The van der Waals surface area contributed by atoms with Crippen LogP contribution in [0.1, 0.15) is 26.7 Å². The average Bonchev–Trinajstić information content (AvgIpc) is 3.36. The molecule has 0 unspecified atom stereocenters. The topological polar surface area (TPSA) is 226 Å². The first-order valence-corrected chi connectivity index (χ1v) is 11.5. The maximum Gasteiger partial charge on any atom is 0.269 e. The molecule has 1 aromatic carbocycles. The Bertz CT molecular complexity index is 1030. The molecule has 1 fully saturated rings. The zero-order chi connectivity index (χ0) is 27.7. The molecule has 1 aliphatic heterocycles. The summed E-state index contributed by atoms with van der Waals surface area (Å²) < 4.78 is 0. The van der Waals surface area contributed by atoms with Gasteiger partial charge in [-0.2, -0.15) is 0 Å². The van der Waals surface area contributed by atoms with Gasteiger partial charge in [-0.15, -0.1) is 0 Å². The molecule has 1 saturated heterocycles. The molecule has 1 aliphatic rings. The summed E-state index contributed by atoms with van der Waals surface area (Å²) in [6, 6.07) is 0.793. The number of benzene rings is 1. The standard InChI is InChI=1S/C22H31N7O8/c1-12(19(32)26-14-5-7-15(8-6-14)29(36)37)25-20(33)16(11-30)27-21(34)17-4-3-9-28(17)22(35)13(2)24-18(31)10-23/h5-8,12-13,16-17,30H,3-4,9-11,23H2,1-2H3,(H,24,31)(H,25,33)(H,26,32)(H,27,34)/t12-,13-,16-,17-/m0/s1. The molecule has 0 aromatic heterocycles. The lowest BCUT2D eigenvalue weighted by Gasteiger charge is -2.28. The molecule has 1 aromatic rings. The Morgan fingerprint density at radius 3 is 2.30 bits per heavy atom. The number of carbonyl (C=O) groups is 5. The monoisotopic (exact) mass is 521 g/mol. The highest BCUT2D eigenvalue weighted by molar-refractivity contribution is 5.99. The van der Waals surface area contributed by atoms with Crippen molar-refractivity contribution >= 4 is 40.9 Å². The van der Waals surface area contributed by atoms with Gasteiger partial charge in [0.05, 0.1) is 18.1 Å². The molecule has 0 bridgehead atoms. The molecular weight excluding hydrogens is 490 g/mol. The first-order chi connectivity index (χ1) is 17.5. The highest BCUT2D eigenvalue weighted by atomic mass is 16.6. The number of nitro benzene ring substituents is 1. The van der Waals surface area contributed by atoms with Crippen LogP contribution >= 0.6 is 0 Å². The Morgan fingerprint density at radius 1 is 1.08 bits per heavy atom. The number of hydrogen-bond donors (Lipinski definition) is 6. The van der Waals surface area contributed by atoms with Gasteiger partial charge in [-0.3, -0.25) is 34.1 Å². The number of anilines is 1. The zero-order valence-electron chi connectivity index (χ0n) is 20.4. The van der Waals surface area contributed by atoms with E-state index in [2.05, 4.69) is 21.3 Å². The zero-order valence-corrected chi connectivity index (χ0v) is 20.4. The number of carbonyl (C=O) groups excluding carboxylic acids is 5. The molecule has 5 amide bonds. The fourth-order valence-corrected chi connectivity index (χ4v) is 3.67. The van der Waals surface area contributed by atoms with Crippen LogP contribution in [0.15, 0.2) is 24.3 Å². The Hall–Kier alpha value is -4.11. The van der Waals surface area contributed by atoms with Gasteiger partial charge >= 0.3 is 0 Å². The van der Waals surface area contributed by atoms with Crippen LogP contribution in [0.4, 0.5) is 11.4 Å². The van der Waals surface area contributed by atoms with E-state index in [-0.39, 0.29) is 24.5 Å². The summed E-state index contributed by atoms with van der Waals surface area (Å²) in [5.74, 6) is -3.14. The van der Waals surface area contributed by atoms with Crippen molar-refractivity contribution in [1.29, 1.82) is 0 Å². The van der Waals surface area contributed by atoms with E-state index < -0.39 is 65.2 Å². The molecule has 4 atom stereocenters. The van der Waals surface area contributed by atoms with Crippen LogP contribution in [-0.4, -0.2) is 88.3 Å². The molecule has 0 saturated carbocycles. The maximum atomic E-state index is 12.8. The first-order valence-electron chi connectivity index (χ1n) is 11.5. The van der Waals surface area contributed by atoms with Gasteiger partial charge in [0.25, 0.3) is 5.69 Å². The molecule has 15 heteroatoms. The molecule has 0 spiro atoms. The lowest BCUT2D eigenvalue weighted by molar-refractivity contribution is -0.384. The van der Waals surface area contributed by atoms with Gasteiger partial charge in [0.15, 0.2) is 0 Å². The van der Waals surface area contributed by atoms with E-state index in [0.29, 0.717) is 12.8 Å². The Labute approximate surface area is 212 Å². The Balaban J connectivity index is 1.94. The van der Waals surface area contributed by atoms with Crippen LogP contribution in [0.5, 0.6) is 0 Å². The number of nitro groups is 1. The van der Waals surface area contributed by atoms with Gasteiger partial charge in [-0.25, -0.2) is 0 Å². The van der Waals surface area contributed by atoms with Gasteiger partial charge in [0.1, 0.15) is 24.2 Å². The number of nitrogens with one attached hydrogen (secondary N) is 4. The van der Waals surface area contributed by atoms with Crippen molar-refractivity contribution in [1.82, 2.24) is 20.9 Å². The second-order valence-corrected chi connectivity index (χ2v) is 8.45. The fraction of sp³-hybridized carbons (Fsp3) is 0.500. The fourth-order valence-electron chi connectivity index (χ4n) is 3.67. The Morgan fingerprint density at radius 2 is 1.73 bits per heavy atom. The number of amides is 5. The van der Waals surface area contributed by atoms with Crippen molar-refractivity contribution in [3.8, 4) is 0 Å². The number of nitrogens with two attached hydrogens (primary N) is 1. The normalized spacial score (nSPS) is 17.2. The summed E-state index contributed by atoms with van der Waals surface area (Å²) >= 11 is 0. The molecule has 2 rings (SSSR count). The molecule has 1 heterocycles. The van der Waals surface area contributed by atoms with Gasteiger partial charge in [-0.1, -0.05) is 0 Å². The summed E-state index contributed by atoms with van der Waals surface area (Å²) in [5.41, 5.74) is 5.36. The summed E-state index contributed by atoms with van der Waals surface area (Å²) in [5, 5.41) is 30.1. The third-order valence-corrected chi connectivity index (χ3v) is 5.69. The first kappa shape index (κ1) is 29.1. The second-order valence-electron chi connectivity index (χ2n) is 8.45. The van der Waals surface area contributed by atoms with Crippen LogP contribution in [0.2, 0.25) is 0 Å². The van der Waals surface area contributed by atoms with Crippen LogP contribution < -0.4 is 27.0 Å². The third kappa shape index (κ3) is 7.94. The van der Waals surface area contributed by atoms with Crippen LogP contribution in [0.25, 0.3) is 0 Å². The summed E-state index contributed by atoms with van der Waals surface area (Å²) in [6.07, 6.45) is 0.847. The Kier molecular flexibility index (Phi) is 10.4. The predicted octanol–water partition coefficient (Wildman–Crippen LogP) is -2.03. The van der Waals surface area contributed by atoms with Crippen molar-refractivity contribution in [3.05, 3.63) is 34.4 Å². The third-order valence-electron chi connectivity index (χ3n) is 5.69. The van der Waals surface area contributed by atoms with E-state index in [1.165, 1.54) is 43.0 Å². The highest BCUT2D eigenvalue weighted by Crippen LogP contribution is 2.19. The van der Waals surface area contributed by atoms with Gasteiger partial charge in [0.2, 0.25) is 29.5 Å². The van der Waals surface area contributed by atoms with Crippen LogP contribution in [0, 0.1) is 10.1 Å². The van der Waals surface area contributed by atoms with E-state index in [1.807, 2.05) is 0 Å². The smallest absolute Gasteiger partial charge is 0.269 e. The van der Waals surface area contributed by atoms with Crippen molar-refractivity contribution in [2.75, 3.05) is 25.0 Å². The number of likely N-dealkylation sites (tertiary alicyclic amines) is 1. The minimum absolute atomic E-state index is 0.154. The SMILES string of the molecule is C[C@H](NC(=O)[C@H](CO)NC(=O)[C@@H]1CCCN1C(=O)[C@H](C)NC(=O)CN)C(=O)Nc1ccc([N+](=O)[O-])cc1. The lowest BCUT2D eigenvalue weighted by atomic mass is 10.1. The molecule has 0 radical (unpaired) electrons. The molecule has 0 aliphatic carbocycles. The molecule has 15 nitrogen and oxygen atoms in total. The highest BCUT2D eigenvalue weighted by Gasteiger charge is 2.37. The number of hydrogen-bond acceptors (Lipinski definition) is 9. The van der Waals surface area contributed by atoms with E-state index in [4.69, 9.17) is 5.73 Å². The summed E-state index contributed by atoms with van der Waals surface area (Å²) in [7, 11) is 0. The molecule has 202 valence electrons. The van der Waals surface area contributed by atoms with Crippen LogP contribution in [0.3, 0.4) is 0 Å². The molecule has 7 N–H and O–H groups in total. The van der Waals surface area contributed by atoms with Crippen LogP contribution in [-0.2, 0) is 24.0 Å². The minimum Gasteiger partial charge on any atom is -0.394 e. The van der Waals surface area contributed by atoms with Crippen molar-refractivity contribution in [3.63, 3.8) is 0 Å². The van der Waals surface area contributed by atoms with E-state index in [9.17, 15) is 39.2 Å². The van der Waals surface area contributed by atoms with Gasteiger partial charge in [-0.05, 0) is 38.8 Å². The number of non-ortho nitro benzene ring substituents is 1. The molecular formula is C22H31N7O8. The number of aliphatic hydroxyl groups excluding tert-OH is 1. The van der Waals surface area contributed by atoms with E-state index in [0.717, 1.165) is 0 Å². The lowest BCUT2D eigenvalue weighted by Crippen LogP contribution is -2.58. The largest absolute Gasteiger partial charge is 0.394 e. The van der Waals surface area contributed by atoms with E-state index in [1.54, 1.807) is 0 Å². The minimum atomic E-state index is -1.39. The van der Waals surface area contributed by atoms with Crippen molar-refractivity contribution < 1.29 is 34.0 Å². The average molecular weight is 522 g/mol. The van der Waals surface area contributed by atoms with Gasteiger partial charge in [0, 0.05) is 24.4 Å². The quantitative estimate of drug-likeness (QED) is 0.139. The summed E-state index contributed by atoms with van der Waals surface area (Å²) in [4.78, 5) is 73.5. The number of rotatable bonds is 11. The van der Waals surface area contributed by atoms with Crippen molar-refractivity contribution in [2.45, 2.75) is 50.9 Å². The second kappa shape index (κ2) is 13.3. The van der Waals surface area contributed by atoms with Crippen molar-refractivity contribution in [2.24, 2.45) is 5.73 Å². The molecule has 37 heavy (non-hydrogen) atoms. The number of nitrogens with zero attached hydrogens (tertiary/aromatic N) is 2. The van der Waals surface area contributed by atoms with E-state index >= 15 is 0 Å². The van der Waals surface area contributed by atoms with Gasteiger partial charge < -0.3 is 37.0 Å². The summed E-state index contributed by atoms with van der Waals surface area (Å²) in [6.45, 7) is 2.06.